The van der Waals surface area contributed by atoms with Crippen LogP contribution in [0.4, 0.5) is 17.1 Å². The van der Waals surface area contributed by atoms with E-state index in [0.29, 0.717) is 17.5 Å². The molecule has 0 atom stereocenters. The highest BCUT2D eigenvalue weighted by molar-refractivity contribution is 7.26. The molecule has 0 radical (unpaired) electrons. The SMILES string of the molecule is CC1(C)c2ccccc2-c2ccc(N(c3cccc(-c4ccccc4)c3)c3ccc4c(c3)sc3cccc(-c5nc(-c6ccccc6)nc(-c6ccccc6)n5)c34)cc21. The third-order valence-corrected chi connectivity index (χ3v) is 12.8. The van der Waals surface area contributed by atoms with Crippen molar-refractivity contribution in [2.45, 2.75) is 19.3 Å². The Morgan fingerprint density at radius 2 is 0.932 bits per heavy atom. The second-order valence-corrected chi connectivity index (χ2v) is 16.7. The molecule has 4 nitrogen and oxygen atoms in total. The standard InChI is InChI=1S/C54H38N4S/c1-54(2)46-26-13-12-24-42(46)43-30-28-40(33-47(43)54)58(39-23-14-22-38(32-39)35-16-6-3-7-17-35)41-29-31-44-49(34-41)59-48-27-15-25-45(50(44)48)53-56-51(36-18-8-4-9-19-36)55-52(57-53)37-20-10-5-11-21-37/h3-34H,1-2H3. The molecule has 10 aromatic rings. The fraction of sp³-hybridized carbons (Fsp3) is 0.0556. The third-order valence-electron chi connectivity index (χ3n) is 11.7. The molecule has 0 N–H and O–H groups in total. The van der Waals surface area contributed by atoms with E-state index in [4.69, 9.17) is 15.0 Å². The smallest absolute Gasteiger partial charge is 0.164 e. The molecule has 0 saturated heterocycles. The highest BCUT2D eigenvalue weighted by Crippen LogP contribution is 2.51. The number of aromatic nitrogens is 3. The van der Waals surface area contributed by atoms with Crippen molar-refractivity contribution in [3.05, 3.63) is 205 Å². The topological polar surface area (TPSA) is 41.9 Å². The first kappa shape index (κ1) is 35.0. The second kappa shape index (κ2) is 14.0. The van der Waals surface area contributed by atoms with Gasteiger partial charge in [0.1, 0.15) is 0 Å². The number of hydrogen-bond donors (Lipinski definition) is 0. The van der Waals surface area contributed by atoms with Gasteiger partial charge in [0.15, 0.2) is 17.5 Å². The van der Waals surface area contributed by atoms with Gasteiger partial charge in [-0.1, -0.05) is 166 Å². The van der Waals surface area contributed by atoms with E-state index in [9.17, 15) is 0 Å². The summed E-state index contributed by atoms with van der Waals surface area (Å²) in [6.45, 7) is 4.70. The summed E-state index contributed by atoms with van der Waals surface area (Å²) in [7, 11) is 0. The Morgan fingerprint density at radius 1 is 0.390 bits per heavy atom. The number of fused-ring (bicyclic) bond motifs is 6. The van der Waals surface area contributed by atoms with E-state index >= 15 is 0 Å². The molecule has 0 spiro atoms. The van der Waals surface area contributed by atoms with E-state index in [1.807, 2.05) is 47.7 Å². The lowest BCUT2D eigenvalue weighted by atomic mass is 9.82. The molecular formula is C54H38N4S. The molecule has 0 bridgehead atoms. The van der Waals surface area contributed by atoms with Crippen LogP contribution >= 0.6 is 11.3 Å². The van der Waals surface area contributed by atoms with Crippen LogP contribution in [0.1, 0.15) is 25.0 Å². The van der Waals surface area contributed by atoms with Gasteiger partial charge < -0.3 is 4.90 Å². The zero-order chi connectivity index (χ0) is 39.5. The van der Waals surface area contributed by atoms with Crippen molar-refractivity contribution in [2.24, 2.45) is 0 Å². The molecule has 5 heteroatoms. The van der Waals surface area contributed by atoms with Crippen LogP contribution in [0.3, 0.4) is 0 Å². The summed E-state index contributed by atoms with van der Waals surface area (Å²) in [5.74, 6) is 1.97. The normalized spacial score (nSPS) is 12.7. The van der Waals surface area contributed by atoms with E-state index in [1.54, 1.807) is 0 Å². The van der Waals surface area contributed by atoms with E-state index < -0.39 is 0 Å². The van der Waals surface area contributed by atoms with Crippen LogP contribution in [0.15, 0.2) is 194 Å². The zero-order valence-electron chi connectivity index (χ0n) is 32.7. The van der Waals surface area contributed by atoms with Crippen molar-refractivity contribution in [1.29, 1.82) is 0 Å². The lowest BCUT2D eigenvalue weighted by molar-refractivity contribution is 0.660. The fourth-order valence-electron chi connectivity index (χ4n) is 8.80. The summed E-state index contributed by atoms with van der Waals surface area (Å²) in [5.41, 5.74) is 13.8. The minimum Gasteiger partial charge on any atom is -0.310 e. The van der Waals surface area contributed by atoms with Crippen molar-refractivity contribution >= 4 is 48.6 Å². The van der Waals surface area contributed by atoms with Gasteiger partial charge in [-0.05, 0) is 75.8 Å². The van der Waals surface area contributed by atoms with Crippen LogP contribution < -0.4 is 4.90 Å². The summed E-state index contributed by atoms with van der Waals surface area (Å²) >= 11 is 1.81. The number of thiophene rings is 1. The summed E-state index contributed by atoms with van der Waals surface area (Å²) in [6, 6.07) is 69.1. The maximum absolute atomic E-state index is 5.12. The van der Waals surface area contributed by atoms with Crippen LogP contribution in [0.25, 0.3) is 76.6 Å². The van der Waals surface area contributed by atoms with Crippen LogP contribution in [-0.2, 0) is 5.41 Å². The highest BCUT2D eigenvalue weighted by atomic mass is 32.1. The van der Waals surface area contributed by atoms with Crippen molar-refractivity contribution in [3.63, 3.8) is 0 Å². The third kappa shape index (κ3) is 6.01. The molecule has 0 unspecified atom stereocenters. The molecule has 0 aliphatic heterocycles. The Labute approximate surface area is 347 Å². The van der Waals surface area contributed by atoms with E-state index in [2.05, 4.69) is 176 Å². The molecule has 59 heavy (non-hydrogen) atoms. The zero-order valence-corrected chi connectivity index (χ0v) is 33.5. The number of rotatable bonds is 7. The summed E-state index contributed by atoms with van der Waals surface area (Å²) in [4.78, 5) is 17.6. The maximum Gasteiger partial charge on any atom is 0.164 e. The van der Waals surface area contributed by atoms with Gasteiger partial charge in [-0.25, -0.2) is 15.0 Å². The van der Waals surface area contributed by atoms with Crippen molar-refractivity contribution < 1.29 is 0 Å². The summed E-state index contributed by atoms with van der Waals surface area (Å²) in [5, 5.41) is 2.33. The summed E-state index contributed by atoms with van der Waals surface area (Å²) in [6.07, 6.45) is 0. The molecule has 280 valence electrons. The fourth-order valence-corrected chi connectivity index (χ4v) is 9.97. The van der Waals surface area contributed by atoms with Gasteiger partial charge in [0.2, 0.25) is 0 Å². The lowest BCUT2D eigenvalue weighted by Crippen LogP contribution is -2.16. The predicted molar refractivity (Wildman–Crippen MR) is 247 cm³/mol. The van der Waals surface area contributed by atoms with Crippen LogP contribution in [-0.4, -0.2) is 15.0 Å². The van der Waals surface area contributed by atoms with Crippen molar-refractivity contribution in [3.8, 4) is 56.4 Å². The number of benzene rings is 8. The van der Waals surface area contributed by atoms with Crippen molar-refractivity contribution in [1.82, 2.24) is 15.0 Å². The van der Waals surface area contributed by atoms with Gasteiger partial charge in [-0.2, -0.15) is 0 Å². The average molecular weight is 775 g/mol. The Kier molecular flexibility index (Phi) is 8.31. The van der Waals surface area contributed by atoms with E-state index in [1.165, 1.54) is 48.2 Å². The maximum atomic E-state index is 5.12. The molecule has 0 amide bonds. The molecular weight excluding hydrogens is 737 g/mol. The predicted octanol–water partition coefficient (Wildman–Crippen LogP) is 14.7. The van der Waals surface area contributed by atoms with E-state index in [0.717, 1.165) is 39.1 Å². The van der Waals surface area contributed by atoms with Gasteiger partial charge in [0, 0.05) is 59.3 Å². The molecule has 0 saturated carbocycles. The first-order valence-electron chi connectivity index (χ1n) is 20.0. The Bertz CT molecular complexity index is 3130. The number of nitrogens with zero attached hydrogens (tertiary/aromatic N) is 4. The molecule has 2 aromatic heterocycles. The molecule has 2 heterocycles. The molecule has 1 aliphatic rings. The van der Waals surface area contributed by atoms with E-state index in [-0.39, 0.29) is 5.41 Å². The average Bonchev–Trinajstić information content (AvgIpc) is 3.78. The first-order chi connectivity index (χ1) is 29.0. The van der Waals surface area contributed by atoms with Crippen molar-refractivity contribution in [2.75, 3.05) is 4.90 Å². The second-order valence-electron chi connectivity index (χ2n) is 15.7. The molecule has 0 fully saturated rings. The molecule has 8 aromatic carbocycles. The largest absolute Gasteiger partial charge is 0.310 e. The van der Waals surface area contributed by atoms with Gasteiger partial charge in [-0.15, -0.1) is 11.3 Å². The molecule has 11 rings (SSSR count). The number of hydrogen-bond acceptors (Lipinski definition) is 5. The minimum absolute atomic E-state index is 0.124. The minimum atomic E-state index is -0.124. The van der Waals surface area contributed by atoms with Crippen LogP contribution in [0.2, 0.25) is 0 Å². The van der Waals surface area contributed by atoms with Gasteiger partial charge in [0.05, 0.1) is 0 Å². The highest BCUT2D eigenvalue weighted by Gasteiger charge is 2.35. The quantitative estimate of drug-likeness (QED) is 0.162. The number of anilines is 3. The Balaban J connectivity index is 1.08. The first-order valence-corrected chi connectivity index (χ1v) is 20.8. The lowest BCUT2D eigenvalue weighted by Gasteiger charge is -2.28. The van der Waals surface area contributed by atoms with Gasteiger partial charge in [-0.3, -0.25) is 0 Å². The van der Waals surface area contributed by atoms with Gasteiger partial charge in [0.25, 0.3) is 0 Å². The van der Waals surface area contributed by atoms with Crippen LogP contribution in [0, 0.1) is 0 Å². The van der Waals surface area contributed by atoms with Gasteiger partial charge >= 0.3 is 0 Å². The Morgan fingerprint density at radius 3 is 1.66 bits per heavy atom. The summed E-state index contributed by atoms with van der Waals surface area (Å²) < 4.78 is 2.39. The Hall–Kier alpha value is -7.21. The monoisotopic (exact) mass is 774 g/mol. The molecule has 1 aliphatic carbocycles. The van der Waals surface area contributed by atoms with Crippen LogP contribution in [0.5, 0.6) is 0 Å².